The minimum Gasteiger partial charge on any atom is -0.483 e. The third-order valence-electron chi connectivity index (χ3n) is 3.34. The van der Waals surface area contributed by atoms with E-state index < -0.39 is 0 Å². The maximum absolute atomic E-state index is 11.8. The van der Waals surface area contributed by atoms with Crippen molar-refractivity contribution in [3.8, 4) is 0 Å². The number of hydrogen-bond donors (Lipinski definition) is 1. The predicted octanol–water partition coefficient (Wildman–Crippen LogP) is 2.27. The van der Waals surface area contributed by atoms with Gasteiger partial charge in [-0.2, -0.15) is 0 Å². The van der Waals surface area contributed by atoms with Gasteiger partial charge in [0, 0.05) is 25.5 Å². The van der Waals surface area contributed by atoms with Crippen LogP contribution in [0.2, 0.25) is 0 Å². The molecular formula is C16H20N2O2. The van der Waals surface area contributed by atoms with Crippen molar-refractivity contribution in [1.29, 1.82) is 0 Å². The highest BCUT2D eigenvalue weighted by atomic mass is 16.5. The fraction of sp³-hybridized carbons (Fsp3) is 0.312. The molecule has 1 amide bonds. The average molecular weight is 272 g/mol. The van der Waals surface area contributed by atoms with Gasteiger partial charge in [-0.1, -0.05) is 24.3 Å². The molecule has 1 aliphatic rings. The molecule has 1 aliphatic carbocycles. The number of carbonyl (C=O) groups excluding carboxylic acids is 1. The molecule has 0 radical (unpaired) electrons. The molecule has 0 aromatic heterocycles. The normalized spacial score (nSPS) is 13.8. The van der Waals surface area contributed by atoms with Gasteiger partial charge < -0.3 is 9.64 Å². The summed E-state index contributed by atoms with van der Waals surface area (Å²) in [5, 5.41) is 0. The van der Waals surface area contributed by atoms with E-state index in [9.17, 15) is 4.79 Å². The Kier molecular flexibility index (Phi) is 4.58. The summed E-state index contributed by atoms with van der Waals surface area (Å²) in [6, 6.07) is 8.06. The molecule has 0 atom stereocenters. The number of amides is 1. The predicted molar refractivity (Wildman–Crippen MR) is 79.4 cm³/mol. The van der Waals surface area contributed by atoms with Crippen LogP contribution in [0.5, 0.6) is 0 Å². The first kappa shape index (κ1) is 14.3. The van der Waals surface area contributed by atoms with Crippen LogP contribution in [0.4, 0.5) is 0 Å². The van der Waals surface area contributed by atoms with E-state index in [0.717, 1.165) is 22.6 Å². The zero-order chi connectivity index (χ0) is 14.5. The van der Waals surface area contributed by atoms with Gasteiger partial charge in [-0.05, 0) is 24.6 Å². The number of nitrogens with two attached hydrogens (primary N) is 1. The van der Waals surface area contributed by atoms with Gasteiger partial charge in [0.15, 0.2) is 0 Å². The van der Waals surface area contributed by atoms with Crippen LogP contribution in [0.1, 0.15) is 25.0 Å². The zero-order valence-corrected chi connectivity index (χ0v) is 11.9. The maximum atomic E-state index is 11.8. The van der Waals surface area contributed by atoms with Crippen molar-refractivity contribution in [2.75, 3.05) is 13.3 Å². The van der Waals surface area contributed by atoms with Crippen LogP contribution in [-0.4, -0.2) is 24.1 Å². The average Bonchev–Trinajstić information content (AvgIpc) is 2.60. The summed E-state index contributed by atoms with van der Waals surface area (Å²) in [5.74, 6) is 0.847. The standard InChI is InChI=1S/C16H20N2O2/c1-3-18(12(2)19)16-9-8-14(20-11-17)10-13-6-4-5-7-15(13)16/h4-9H,3,10-11,17H2,1-2H3. The first-order valence-electron chi connectivity index (χ1n) is 6.77. The largest absolute Gasteiger partial charge is 0.483 e. The Bertz CT molecular complexity index is 561. The van der Waals surface area contributed by atoms with Crippen molar-refractivity contribution >= 4 is 11.6 Å². The summed E-state index contributed by atoms with van der Waals surface area (Å²) in [6.45, 7) is 4.34. The lowest BCUT2D eigenvalue weighted by Gasteiger charge is -2.23. The molecule has 0 aliphatic heterocycles. The Balaban J connectivity index is 2.49. The van der Waals surface area contributed by atoms with Crippen LogP contribution in [0, 0.1) is 0 Å². The third-order valence-corrected chi connectivity index (χ3v) is 3.34. The molecule has 1 aromatic carbocycles. The lowest BCUT2D eigenvalue weighted by molar-refractivity contribution is -0.125. The van der Waals surface area contributed by atoms with E-state index in [2.05, 4.69) is 6.07 Å². The summed E-state index contributed by atoms with van der Waals surface area (Å²) in [7, 11) is 0. The molecule has 0 fully saturated rings. The van der Waals surface area contributed by atoms with E-state index in [0.29, 0.717) is 13.0 Å². The van der Waals surface area contributed by atoms with Gasteiger partial charge in [-0.3, -0.25) is 10.5 Å². The van der Waals surface area contributed by atoms with Gasteiger partial charge in [0.25, 0.3) is 0 Å². The number of hydrogen-bond acceptors (Lipinski definition) is 3. The number of ether oxygens (including phenoxy) is 1. The zero-order valence-electron chi connectivity index (χ0n) is 11.9. The molecule has 0 saturated carbocycles. The fourth-order valence-corrected chi connectivity index (χ4v) is 2.44. The Morgan fingerprint density at radius 2 is 2.10 bits per heavy atom. The number of carbonyl (C=O) groups is 1. The van der Waals surface area contributed by atoms with E-state index in [1.165, 1.54) is 0 Å². The molecule has 2 rings (SSSR count). The van der Waals surface area contributed by atoms with E-state index >= 15 is 0 Å². The summed E-state index contributed by atoms with van der Waals surface area (Å²) in [5.41, 5.74) is 8.56. The highest BCUT2D eigenvalue weighted by molar-refractivity contribution is 5.86. The molecule has 0 saturated heterocycles. The Labute approximate surface area is 119 Å². The number of benzene rings is 1. The van der Waals surface area contributed by atoms with E-state index in [4.69, 9.17) is 10.5 Å². The molecule has 0 heterocycles. The second-order valence-electron chi connectivity index (χ2n) is 4.59. The molecule has 106 valence electrons. The minimum absolute atomic E-state index is 0.0325. The number of rotatable bonds is 4. The van der Waals surface area contributed by atoms with Gasteiger partial charge in [0.05, 0.1) is 5.70 Å². The lowest BCUT2D eigenvalue weighted by Crippen LogP contribution is -2.27. The van der Waals surface area contributed by atoms with Crippen LogP contribution in [-0.2, 0) is 16.0 Å². The van der Waals surface area contributed by atoms with Crippen LogP contribution < -0.4 is 5.73 Å². The van der Waals surface area contributed by atoms with Gasteiger partial charge in [-0.15, -0.1) is 0 Å². The summed E-state index contributed by atoms with van der Waals surface area (Å²) >= 11 is 0. The molecule has 0 spiro atoms. The first-order chi connectivity index (χ1) is 9.67. The van der Waals surface area contributed by atoms with Gasteiger partial charge in [-0.25, -0.2) is 0 Å². The molecule has 0 bridgehead atoms. The van der Waals surface area contributed by atoms with Crippen molar-refractivity contribution in [3.05, 3.63) is 53.3 Å². The van der Waals surface area contributed by atoms with Crippen molar-refractivity contribution in [3.63, 3.8) is 0 Å². The fourth-order valence-electron chi connectivity index (χ4n) is 2.44. The molecule has 2 N–H and O–H groups in total. The number of fused-ring (bicyclic) bond motifs is 1. The van der Waals surface area contributed by atoms with Crippen molar-refractivity contribution < 1.29 is 9.53 Å². The SMILES string of the molecule is CCN(C(C)=O)C1=CC=C(OCN)Cc2ccccc21. The molecule has 4 nitrogen and oxygen atoms in total. The van der Waals surface area contributed by atoms with Crippen LogP contribution in [0.15, 0.2) is 42.2 Å². The molecular weight excluding hydrogens is 252 g/mol. The molecule has 1 aromatic rings. The van der Waals surface area contributed by atoms with E-state index in [1.54, 1.807) is 11.8 Å². The summed E-state index contributed by atoms with van der Waals surface area (Å²) < 4.78 is 5.43. The van der Waals surface area contributed by atoms with Crippen LogP contribution in [0.3, 0.4) is 0 Å². The maximum Gasteiger partial charge on any atom is 0.223 e. The van der Waals surface area contributed by atoms with Crippen LogP contribution in [0.25, 0.3) is 5.70 Å². The van der Waals surface area contributed by atoms with Gasteiger partial charge in [0.1, 0.15) is 12.5 Å². The smallest absolute Gasteiger partial charge is 0.223 e. The van der Waals surface area contributed by atoms with Gasteiger partial charge >= 0.3 is 0 Å². The quantitative estimate of drug-likeness (QED) is 0.855. The Morgan fingerprint density at radius 3 is 2.75 bits per heavy atom. The van der Waals surface area contributed by atoms with Crippen LogP contribution >= 0.6 is 0 Å². The highest BCUT2D eigenvalue weighted by Crippen LogP contribution is 2.28. The monoisotopic (exact) mass is 272 g/mol. The second kappa shape index (κ2) is 6.39. The number of allylic oxidation sites excluding steroid dienone is 3. The van der Waals surface area contributed by atoms with Crippen molar-refractivity contribution in [2.45, 2.75) is 20.3 Å². The Hall–Kier alpha value is -2.07. The van der Waals surface area contributed by atoms with Gasteiger partial charge in [0.2, 0.25) is 5.91 Å². The van der Waals surface area contributed by atoms with Crippen molar-refractivity contribution in [2.24, 2.45) is 5.73 Å². The Morgan fingerprint density at radius 1 is 1.35 bits per heavy atom. The molecule has 0 unspecified atom stereocenters. The first-order valence-corrected chi connectivity index (χ1v) is 6.77. The molecule has 20 heavy (non-hydrogen) atoms. The number of nitrogens with zero attached hydrogens (tertiary/aromatic N) is 1. The highest BCUT2D eigenvalue weighted by Gasteiger charge is 2.19. The van der Waals surface area contributed by atoms with E-state index in [1.807, 2.05) is 37.3 Å². The van der Waals surface area contributed by atoms with Crippen molar-refractivity contribution in [1.82, 2.24) is 4.90 Å². The lowest BCUT2D eigenvalue weighted by atomic mass is 10.0. The summed E-state index contributed by atoms with van der Waals surface area (Å²) in [6.07, 6.45) is 4.51. The summed E-state index contributed by atoms with van der Waals surface area (Å²) in [4.78, 5) is 13.6. The minimum atomic E-state index is 0.0325. The molecule has 4 heteroatoms. The third kappa shape index (κ3) is 2.91. The topological polar surface area (TPSA) is 55.6 Å². The second-order valence-corrected chi connectivity index (χ2v) is 4.59. The van der Waals surface area contributed by atoms with E-state index in [-0.39, 0.29) is 12.6 Å².